The monoisotopic (exact) mass is 210 g/mol. The van der Waals surface area contributed by atoms with Gasteiger partial charge in [0.15, 0.2) is 0 Å². The van der Waals surface area contributed by atoms with Crippen LogP contribution in [0.25, 0.3) is 0 Å². The molecule has 15 heavy (non-hydrogen) atoms. The van der Waals surface area contributed by atoms with E-state index in [1.54, 1.807) is 0 Å². The second kappa shape index (κ2) is 4.84. The second-order valence-electron chi connectivity index (χ2n) is 5.77. The standard InChI is InChI=1S/C13H26N2/c1-10-4-5-13(8-11(10)2)15-7-6-14-12(3)9-15/h10-14H,4-9H2,1-3H3. The summed E-state index contributed by atoms with van der Waals surface area (Å²) in [6, 6.07) is 1.56. The van der Waals surface area contributed by atoms with E-state index in [1.165, 1.54) is 38.9 Å². The van der Waals surface area contributed by atoms with E-state index in [4.69, 9.17) is 0 Å². The van der Waals surface area contributed by atoms with Gasteiger partial charge in [0.1, 0.15) is 0 Å². The lowest BCUT2D eigenvalue weighted by molar-refractivity contribution is 0.0847. The van der Waals surface area contributed by atoms with Crippen LogP contribution in [0.3, 0.4) is 0 Å². The summed E-state index contributed by atoms with van der Waals surface area (Å²) < 4.78 is 0. The molecule has 1 N–H and O–H groups in total. The number of piperazine rings is 1. The Hall–Kier alpha value is -0.0800. The van der Waals surface area contributed by atoms with E-state index in [1.807, 2.05) is 0 Å². The fourth-order valence-corrected chi connectivity index (χ4v) is 3.14. The molecule has 1 saturated heterocycles. The summed E-state index contributed by atoms with van der Waals surface area (Å²) in [4.78, 5) is 2.73. The molecule has 0 aromatic rings. The summed E-state index contributed by atoms with van der Waals surface area (Å²) >= 11 is 0. The molecule has 2 rings (SSSR count). The first-order valence-corrected chi connectivity index (χ1v) is 6.64. The highest BCUT2D eigenvalue weighted by molar-refractivity contribution is 4.86. The van der Waals surface area contributed by atoms with Crippen molar-refractivity contribution in [3.05, 3.63) is 0 Å². The molecule has 0 radical (unpaired) electrons. The summed E-state index contributed by atoms with van der Waals surface area (Å²) in [5, 5.41) is 3.53. The average molecular weight is 210 g/mol. The number of hydrogen-bond donors (Lipinski definition) is 1. The Morgan fingerprint density at radius 2 is 1.87 bits per heavy atom. The highest BCUT2D eigenvalue weighted by atomic mass is 15.2. The van der Waals surface area contributed by atoms with Gasteiger partial charge in [0.25, 0.3) is 0 Å². The Labute approximate surface area is 94.4 Å². The molecule has 2 aliphatic rings. The van der Waals surface area contributed by atoms with Gasteiger partial charge in [-0.05, 0) is 38.0 Å². The highest BCUT2D eigenvalue weighted by Crippen LogP contribution is 2.32. The Bertz CT molecular complexity index is 205. The normalized spacial score (nSPS) is 44.2. The Morgan fingerprint density at radius 1 is 1.07 bits per heavy atom. The van der Waals surface area contributed by atoms with Crippen molar-refractivity contribution in [3.8, 4) is 0 Å². The van der Waals surface area contributed by atoms with Crippen LogP contribution in [-0.2, 0) is 0 Å². The van der Waals surface area contributed by atoms with Crippen molar-refractivity contribution in [2.45, 2.75) is 52.1 Å². The molecule has 0 spiro atoms. The van der Waals surface area contributed by atoms with Crippen LogP contribution in [0, 0.1) is 11.8 Å². The molecular weight excluding hydrogens is 184 g/mol. The molecule has 0 aromatic heterocycles. The highest BCUT2D eigenvalue weighted by Gasteiger charge is 2.30. The molecule has 1 saturated carbocycles. The molecule has 1 aliphatic heterocycles. The van der Waals surface area contributed by atoms with Crippen LogP contribution in [0.4, 0.5) is 0 Å². The molecule has 0 amide bonds. The molecule has 4 unspecified atom stereocenters. The molecule has 88 valence electrons. The number of rotatable bonds is 1. The summed E-state index contributed by atoms with van der Waals surface area (Å²) in [7, 11) is 0. The van der Waals surface area contributed by atoms with Crippen molar-refractivity contribution in [2.24, 2.45) is 11.8 Å². The van der Waals surface area contributed by atoms with Crippen LogP contribution in [0.15, 0.2) is 0 Å². The molecule has 2 fully saturated rings. The van der Waals surface area contributed by atoms with Crippen molar-refractivity contribution >= 4 is 0 Å². The smallest absolute Gasteiger partial charge is 0.0167 e. The third kappa shape index (κ3) is 2.73. The van der Waals surface area contributed by atoms with Crippen molar-refractivity contribution in [2.75, 3.05) is 19.6 Å². The zero-order valence-electron chi connectivity index (χ0n) is 10.5. The lowest BCUT2D eigenvalue weighted by Gasteiger charge is -2.42. The maximum atomic E-state index is 3.53. The maximum absolute atomic E-state index is 3.53. The second-order valence-corrected chi connectivity index (χ2v) is 5.77. The average Bonchev–Trinajstić information content (AvgIpc) is 2.22. The van der Waals surface area contributed by atoms with E-state index >= 15 is 0 Å². The van der Waals surface area contributed by atoms with Crippen LogP contribution in [0.1, 0.15) is 40.0 Å². The molecule has 0 aromatic carbocycles. The van der Waals surface area contributed by atoms with Crippen LogP contribution >= 0.6 is 0 Å². The van der Waals surface area contributed by atoms with Gasteiger partial charge >= 0.3 is 0 Å². The zero-order chi connectivity index (χ0) is 10.8. The van der Waals surface area contributed by atoms with Gasteiger partial charge in [-0.3, -0.25) is 4.90 Å². The minimum absolute atomic E-state index is 0.688. The van der Waals surface area contributed by atoms with E-state index in [2.05, 4.69) is 31.0 Å². The Morgan fingerprint density at radius 3 is 2.53 bits per heavy atom. The molecule has 1 heterocycles. The Kier molecular flexibility index (Phi) is 3.68. The summed E-state index contributed by atoms with van der Waals surface area (Å²) in [6.07, 6.45) is 4.29. The molecule has 4 atom stereocenters. The van der Waals surface area contributed by atoms with Gasteiger partial charge in [-0.1, -0.05) is 13.8 Å². The summed E-state index contributed by atoms with van der Waals surface area (Å²) in [5.74, 6) is 1.87. The minimum atomic E-state index is 0.688. The van der Waals surface area contributed by atoms with Crippen LogP contribution < -0.4 is 5.32 Å². The number of hydrogen-bond acceptors (Lipinski definition) is 2. The largest absolute Gasteiger partial charge is 0.312 e. The first-order valence-electron chi connectivity index (χ1n) is 6.64. The van der Waals surface area contributed by atoms with Gasteiger partial charge < -0.3 is 5.32 Å². The SMILES string of the molecule is CC1CN(C2CCC(C)C(C)C2)CCN1. The first-order chi connectivity index (χ1) is 7.16. The predicted octanol–water partition coefficient (Wildman–Crippen LogP) is 2.10. The van der Waals surface area contributed by atoms with Gasteiger partial charge in [-0.2, -0.15) is 0 Å². The van der Waals surface area contributed by atoms with Gasteiger partial charge in [0.2, 0.25) is 0 Å². The minimum Gasteiger partial charge on any atom is -0.312 e. The molecular formula is C13H26N2. The van der Waals surface area contributed by atoms with E-state index in [9.17, 15) is 0 Å². The van der Waals surface area contributed by atoms with Crippen molar-refractivity contribution in [3.63, 3.8) is 0 Å². The molecule has 2 heteroatoms. The summed E-state index contributed by atoms with van der Waals surface area (Å²) in [5.41, 5.74) is 0. The maximum Gasteiger partial charge on any atom is 0.0167 e. The topological polar surface area (TPSA) is 15.3 Å². The van der Waals surface area contributed by atoms with E-state index < -0.39 is 0 Å². The van der Waals surface area contributed by atoms with Crippen LogP contribution in [0.5, 0.6) is 0 Å². The zero-order valence-corrected chi connectivity index (χ0v) is 10.5. The fourth-order valence-electron chi connectivity index (χ4n) is 3.14. The van der Waals surface area contributed by atoms with Gasteiger partial charge in [0.05, 0.1) is 0 Å². The van der Waals surface area contributed by atoms with Crippen LogP contribution in [-0.4, -0.2) is 36.6 Å². The predicted molar refractivity (Wildman–Crippen MR) is 65.0 cm³/mol. The van der Waals surface area contributed by atoms with Gasteiger partial charge in [0, 0.05) is 31.7 Å². The molecule has 1 aliphatic carbocycles. The number of nitrogens with one attached hydrogen (secondary N) is 1. The quantitative estimate of drug-likeness (QED) is 0.713. The molecule has 0 bridgehead atoms. The van der Waals surface area contributed by atoms with E-state index in [-0.39, 0.29) is 0 Å². The summed E-state index contributed by atoms with van der Waals surface area (Å²) in [6.45, 7) is 10.9. The molecule has 2 nitrogen and oxygen atoms in total. The third-order valence-electron chi connectivity index (χ3n) is 4.49. The lowest BCUT2D eigenvalue weighted by Crippen LogP contribution is -2.54. The van der Waals surface area contributed by atoms with Gasteiger partial charge in [-0.15, -0.1) is 0 Å². The Balaban J connectivity index is 1.87. The van der Waals surface area contributed by atoms with Crippen LogP contribution in [0.2, 0.25) is 0 Å². The van der Waals surface area contributed by atoms with E-state index in [0.29, 0.717) is 6.04 Å². The van der Waals surface area contributed by atoms with Crippen molar-refractivity contribution in [1.29, 1.82) is 0 Å². The third-order valence-corrected chi connectivity index (χ3v) is 4.49. The van der Waals surface area contributed by atoms with Gasteiger partial charge in [-0.25, -0.2) is 0 Å². The fraction of sp³-hybridized carbons (Fsp3) is 1.00. The van der Waals surface area contributed by atoms with Crippen molar-refractivity contribution < 1.29 is 0 Å². The first kappa shape index (κ1) is 11.4. The number of nitrogens with zero attached hydrogens (tertiary/aromatic N) is 1. The van der Waals surface area contributed by atoms with E-state index in [0.717, 1.165) is 17.9 Å². The lowest BCUT2D eigenvalue weighted by atomic mass is 9.78. The van der Waals surface area contributed by atoms with Crippen molar-refractivity contribution in [1.82, 2.24) is 10.2 Å².